The van der Waals surface area contributed by atoms with Gasteiger partial charge < -0.3 is 9.84 Å². The van der Waals surface area contributed by atoms with Crippen molar-refractivity contribution in [1.82, 2.24) is 4.98 Å². The molecule has 0 atom stereocenters. The highest BCUT2D eigenvalue weighted by atomic mass is 79.9. The number of esters is 1. The zero-order chi connectivity index (χ0) is 11.6. The first-order valence-corrected chi connectivity index (χ1v) is 4.52. The zero-order valence-corrected chi connectivity index (χ0v) is 9.09. The van der Waals surface area contributed by atoms with Crippen LogP contribution in [0, 0.1) is 0 Å². The van der Waals surface area contributed by atoms with Crippen LogP contribution in [0.4, 0.5) is 8.78 Å². The molecule has 0 aliphatic rings. The summed E-state index contributed by atoms with van der Waals surface area (Å²) >= 11 is 2.90. The van der Waals surface area contributed by atoms with Gasteiger partial charge in [-0.3, -0.25) is 4.98 Å². The van der Waals surface area contributed by atoms with Crippen LogP contribution in [0.5, 0.6) is 5.75 Å². The second kappa shape index (κ2) is 4.52. The quantitative estimate of drug-likeness (QED) is 0.845. The predicted molar refractivity (Wildman–Crippen MR) is 49.9 cm³/mol. The molecule has 0 aliphatic carbocycles. The third-order valence-electron chi connectivity index (χ3n) is 1.63. The molecule has 0 spiro atoms. The average Bonchev–Trinajstić information content (AvgIpc) is 2.16. The molecule has 1 aromatic heterocycles. The number of pyridine rings is 1. The van der Waals surface area contributed by atoms with Crippen molar-refractivity contribution in [2.24, 2.45) is 0 Å². The lowest BCUT2D eigenvalue weighted by Crippen LogP contribution is -2.06. The average molecular weight is 282 g/mol. The van der Waals surface area contributed by atoms with Crippen LogP contribution >= 0.6 is 15.9 Å². The van der Waals surface area contributed by atoms with Crippen molar-refractivity contribution in [2.75, 3.05) is 7.11 Å². The van der Waals surface area contributed by atoms with E-state index in [-0.39, 0.29) is 10.0 Å². The molecule has 82 valence electrons. The predicted octanol–water partition coefficient (Wildman–Crippen LogP) is 2.27. The fourth-order valence-corrected chi connectivity index (χ4v) is 1.40. The molecule has 0 saturated carbocycles. The van der Waals surface area contributed by atoms with E-state index < -0.39 is 23.8 Å². The monoisotopic (exact) mass is 281 g/mol. The molecule has 0 amide bonds. The van der Waals surface area contributed by atoms with Crippen molar-refractivity contribution in [3.05, 3.63) is 21.9 Å². The summed E-state index contributed by atoms with van der Waals surface area (Å²) < 4.78 is 29.1. The molecule has 1 rings (SSSR count). The van der Waals surface area contributed by atoms with Crippen LogP contribution in [-0.2, 0) is 4.74 Å². The molecule has 0 saturated heterocycles. The molecule has 15 heavy (non-hydrogen) atoms. The molecule has 0 aromatic carbocycles. The summed E-state index contributed by atoms with van der Waals surface area (Å²) in [6, 6.07) is 0. The van der Waals surface area contributed by atoms with Gasteiger partial charge in [-0.2, -0.15) is 0 Å². The fraction of sp³-hybridized carbons (Fsp3) is 0.250. The van der Waals surface area contributed by atoms with E-state index in [0.717, 1.165) is 13.3 Å². The summed E-state index contributed by atoms with van der Waals surface area (Å²) in [7, 11) is 1.08. The lowest BCUT2D eigenvalue weighted by atomic mass is 10.2. The zero-order valence-electron chi connectivity index (χ0n) is 7.50. The van der Waals surface area contributed by atoms with Gasteiger partial charge in [-0.25, -0.2) is 13.6 Å². The van der Waals surface area contributed by atoms with Gasteiger partial charge >= 0.3 is 5.97 Å². The number of rotatable bonds is 2. The van der Waals surface area contributed by atoms with Gasteiger partial charge in [-0.05, 0) is 15.9 Å². The van der Waals surface area contributed by atoms with E-state index in [1.807, 2.05) is 0 Å². The van der Waals surface area contributed by atoms with Gasteiger partial charge in [-0.1, -0.05) is 0 Å². The molecule has 0 bridgehead atoms. The van der Waals surface area contributed by atoms with Crippen molar-refractivity contribution in [3.63, 3.8) is 0 Å². The highest BCUT2D eigenvalue weighted by molar-refractivity contribution is 9.10. The lowest BCUT2D eigenvalue weighted by Gasteiger charge is -2.08. The third kappa shape index (κ3) is 2.23. The van der Waals surface area contributed by atoms with Gasteiger partial charge in [0.05, 0.1) is 11.6 Å². The van der Waals surface area contributed by atoms with Gasteiger partial charge in [0.2, 0.25) is 0 Å². The first kappa shape index (κ1) is 11.8. The summed E-state index contributed by atoms with van der Waals surface area (Å²) in [5.41, 5.74) is -1.21. The van der Waals surface area contributed by atoms with E-state index in [9.17, 15) is 18.7 Å². The number of alkyl halides is 2. The molecule has 1 heterocycles. The highest BCUT2D eigenvalue weighted by Crippen LogP contribution is 2.33. The molecule has 1 N–H and O–H groups in total. The molecule has 1 aromatic rings. The van der Waals surface area contributed by atoms with E-state index >= 15 is 0 Å². The van der Waals surface area contributed by atoms with Crippen LogP contribution in [0.25, 0.3) is 0 Å². The van der Waals surface area contributed by atoms with Crippen LogP contribution in [-0.4, -0.2) is 23.2 Å². The Hall–Kier alpha value is -1.24. The van der Waals surface area contributed by atoms with E-state index in [4.69, 9.17) is 0 Å². The van der Waals surface area contributed by atoms with E-state index in [0.29, 0.717) is 0 Å². The van der Waals surface area contributed by atoms with Gasteiger partial charge in [0, 0.05) is 6.20 Å². The number of hydrogen-bond acceptors (Lipinski definition) is 4. The molecule has 0 radical (unpaired) electrons. The Morgan fingerprint density at radius 1 is 1.67 bits per heavy atom. The Morgan fingerprint density at radius 3 is 2.73 bits per heavy atom. The largest absolute Gasteiger partial charge is 0.505 e. The summed E-state index contributed by atoms with van der Waals surface area (Å²) in [6.07, 6.45) is -1.95. The van der Waals surface area contributed by atoms with Crippen molar-refractivity contribution in [2.45, 2.75) is 6.43 Å². The lowest BCUT2D eigenvalue weighted by molar-refractivity contribution is 0.0594. The number of aromatic hydroxyl groups is 1. The normalized spacial score (nSPS) is 10.5. The van der Waals surface area contributed by atoms with E-state index in [2.05, 4.69) is 25.7 Å². The second-order valence-electron chi connectivity index (χ2n) is 2.51. The minimum absolute atomic E-state index is 0.0938. The number of aromatic nitrogens is 1. The molecule has 4 nitrogen and oxygen atoms in total. The number of methoxy groups -OCH3 is 1. The van der Waals surface area contributed by atoms with Crippen molar-refractivity contribution in [1.29, 1.82) is 0 Å². The number of halogens is 3. The Labute approximate surface area is 92.0 Å². The Bertz CT molecular complexity index is 398. The summed E-state index contributed by atoms with van der Waals surface area (Å²) in [5.74, 6) is -1.78. The van der Waals surface area contributed by atoms with Crippen LogP contribution in [0.3, 0.4) is 0 Å². The van der Waals surface area contributed by atoms with Crippen LogP contribution < -0.4 is 0 Å². The topological polar surface area (TPSA) is 59.4 Å². The smallest absolute Gasteiger partial charge is 0.342 e. The van der Waals surface area contributed by atoms with Crippen LogP contribution in [0.1, 0.15) is 22.5 Å². The van der Waals surface area contributed by atoms with Crippen molar-refractivity contribution < 1.29 is 23.4 Å². The third-order valence-corrected chi connectivity index (χ3v) is 2.23. The number of carbonyl (C=O) groups excluding carboxylic acids is 1. The standard InChI is InChI=1S/C8H6BrF2NO3/c1-15-8(14)4-3(9)2-12-5(6(4)13)7(10)11/h2,7,13H,1H3. The minimum Gasteiger partial charge on any atom is -0.505 e. The number of nitrogens with zero attached hydrogens (tertiary/aromatic N) is 1. The summed E-state index contributed by atoms with van der Waals surface area (Å²) in [5, 5.41) is 9.37. The van der Waals surface area contributed by atoms with Crippen LogP contribution in [0.2, 0.25) is 0 Å². The van der Waals surface area contributed by atoms with E-state index in [1.165, 1.54) is 0 Å². The van der Waals surface area contributed by atoms with Gasteiger partial charge in [0.25, 0.3) is 6.43 Å². The molecule has 0 aliphatic heterocycles. The number of carbonyl (C=O) groups is 1. The van der Waals surface area contributed by atoms with Gasteiger partial charge in [-0.15, -0.1) is 0 Å². The maximum Gasteiger partial charge on any atom is 0.342 e. The summed E-state index contributed by atoms with van der Waals surface area (Å²) in [4.78, 5) is 14.4. The Balaban J connectivity index is 3.36. The fourth-order valence-electron chi connectivity index (χ4n) is 0.949. The van der Waals surface area contributed by atoms with E-state index in [1.54, 1.807) is 0 Å². The molecular formula is C8H6BrF2NO3. The molecule has 0 fully saturated rings. The van der Waals surface area contributed by atoms with Crippen molar-refractivity contribution in [3.8, 4) is 5.75 Å². The highest BCUT2D eigenvalue weighted by Gasteiger charge is 2.24. The first-order valence-electron chi connectivity index (χ1n) is 3.72. The second-order valence-corrected chi connectivity index (χ2v) is 3.36. The maximum absolute atomic E-state index is 12.3. The Kier molecular flexibility index (Phi) is 3.57. The molecule has 0 unspecified atom stereocenters. The number of ether oxygens (including phenoxy) is 1. The minimum atomic E-state index is -2.96. The molecular weight excluding hydrogens is 276 g/mol. The van der Waals surface area contributed by atoms with Crippen molar-refractivity contribution >= 4 is 21.9 Å². The molecule has 7 heteroatoms. The maximum atomic E-state index is 12.3. The number of hydrogen-bond donors (Lipinski definition) is 1. The summed E-state index contributed by atoms with van der Waals surface area (Å²) in [6.45, 7) is 0. The van der Waals surface area contributed by atoms with Crippen LogP contribution in [0.15, 0.2) is 10.7 Å². The first-order chi connectivity index (χ1) is 6.99. The SMILES string of the molecule is COC(=O)c1c(Br)cnc(C(F)F)c1O. The Morgan fingerprint density at radius 2 is 2.27 bits per heavy atom. The van der Waals surface area contributed by atoms with Gasteiger partial charge in [0.1, 0.15) is 11.3 Å². The van der Waals surface area contributed by atoms with Gasteiger partial charge in [0.15, 0.2) is 5.75 Å².